The number of hydrogen-bond donors (Lipinski definition) is 0. The van der Waals surface area contributed by atoms with Gasteiger partial charge in [0.1, 0.15) is 11.6 Å². The number of benzene rings is 1. The molecule has 0 aliphatic rings. The number of halogens is 2. The van der Waals surface area contributed by atoms with E-state index in [0.717, 1.165) is 31.5 Å². The third kappa shape index (κ3) is 4.89. The molecule has 0 amide bonds. The quantitative estimate of drug-likeness (QED) is 0.470. The van der Waals surface area contributed by atoms with E-state index in [4.69, 9.17) is 8.85 Å². The lowest BCUT2D eigenvalue weighted by Crippen LogP contribution is -2.44. The van der Waals surface area contributed by atoms with Crippen molar-refractivity contribution in [3.05, 3.63) is 28.5 Å². The van der Waals surface area contributed by atoms with E-state index in [1.807, 2.05) is 0 Å². The van der Waals surface area contributed by atoms with Gasteiger partial charge in [0.25, 0.3) is 0 Å². The van der Waals surface area contributed by atoms with Crippen molar-refractivity contribution in [1.29, 1.82) is 0 Å². The summed E-state index contributed by atoms with van der Waals surface area (Å²) >= 11 is 3.34. The number of unbranched alkanes of at least 4 members (excludes halogenated alkanes) is 1. The lowest BCUT2D eigenvalue weighted by Gasteiger charge is -2.29. The van der Waals surface area contributed by atoms with E-state index in [-0.39, 0.29) is 5.82 Å². The third-order valence-electron chi connectivity index (χ3n) is 3.13. The fourth-order valence-electron chi connectivity index (χ4n) is 1.79. The highest BCUT2D eigenvalue weighted by Crippen LogP contribution is 2.30. The molecule has 0 fully saturated rings. The SMILES string of the molecule is CCCCO[Si](CC)(CC)Oc1ccc(F)cc1Br. The predicted octanol–water partition coefficient (Wildman–Crippen LogP) is 5.27. The van der Waals surface area contributed by atoms with Crippen molar-refractivity contribution in [3.63, 3.8) is 0 Å². The van der Waals surface area contributed by atoms with Gasteiger partial charge in [-0.15, -0.1) is 0 Å². The topological polar surface area (TPSA) is 18.5 Å². The highest BCUT2D eigenvalue weighted by molar-refractivity contribution is 9.10. The van der Waals surface area contributed by atoms with Crippen LogP contribution in [0.1, 0.15) is 33.6 Å². The monoisotopic (exact) mass is 348 g/mol. The lowest BCUT2D eigenvalue weighted by molar-refractivity contribution is 0.232. The van der Waals surface area contributed by atoms with Gasteiger partial charge in [-0.25, -0.2) is 4.39 Å². The largest absolute Gasteiger partial charge is 0.519 e. The van der Waals surface area contributed by atoms with Crippen LogP contribution in [0.15, 0.2) is 22.7 Å². The first-order chi connectivity index (χ1) is 9.06. The molecule has 0 bridgehead atoms. The van der Waals surface area contributed by atoms with E-state index in [9.17, 15) is 4.39 Å². The van der Waals surface area contributed by atoms with Crippen molar-refractivity contribution in [1.82, 2.24) is 0 Å². The fraction of sp³-hybridized carbons (Fsp3) is 0.571. The molecule has 0 aromatic heterocycles. The fourth-order valence-corrected chi connectivity index (χ4v) is 4.72. The molecule has 0 aliphatic heterocycles. The minimum Gasteiger partial charge on any atom is -0.519 e. The van der Waals surface area contributed by atoms with Crippen molar-refractivity contribution in [2.75, 3.05) is 6.61 Å². The van der Waals surface area contributed by atoms with Crippen LogP contribution in [0.4, 0.5) is 4.39 Å². The molecule has 108 valence electrons. The maximum Gasteiger partial charge on any atom is 0.398 e. The molecule has 0 unspecified atom stereocenters. The molecule has 19 heavy (non-hydrogen) atoms. The van der Waals surface area contributed by atoms with E-state index >= 15 is 0 Å². The molecule has 0 N–H and O–H groups in total. The van der Waals surface area contributed by atoms with Gasteiger partial charge in [-0.3, -0.25) is 0 Å². The van der Waals surface area contributed by atoms with E-state index in [1.165, 1.54) is 12.1 Å². The van der Waals surface area contributed by atoms with Crippen LogP contribution in [0, 0.1) is 5.82 Å². The highest BCUT2D eigenvalue weighted by Gasteiger charge is 2.36. The van der Waals surface area contributed by atoms with Crippen LogP contribution in [-0.4, -0.2) is 15.2 Å². The molecule has 1 aromatic rings. The van der Waals surface area contributed by atoms with E-state index < -0.39 is 8.56 Å². The normalized spacial score (nSPS) is 11.6. The van der Waals surface area contributed by atoms with E-state index in [1.54, 1.807) is 6.07 Å². The summed E-state index contributed by atoms with van der Waals surface area (Å²) in [5.74, 6) is 0.402. The standard InChI is InChI=1S/C14H22BrFO2Si/c1-4-7-10-17-19(5-2,6-3)18-14-9-8-12(16)11-13(14)15/h8-9,11H,4-7,10H2,1-3H3. The molecule has 0 radical (unpaired) electrons. The van der Waals surface area contributed by atoms with Crippen molar-refractivity contribution >= 4 is 24.5 Å². The Balaban J connectivity index is 2.81. The summed E-state index contributed by atoms with van der Waals surface area (Å²) in [7, 11) is -2.22. The first kappa shape index (κ1) is 16.7. The maximum absolute atomic E-state index is 13.1. The smallest absolute Gasteiger partial charge is 0.398 e. The molecule has 1 aromatic carbocycles. The van der Waals surface area contributed by atoms with Gasteiger partial charge in [-0.1, -0.05) is 27.2 Å². The Kier molecular flexibility index (Phi) is 7.03. The summed E-state index contributed by atoms with van der Waals surface area (Å²) in [6.45, 7) is 7.07. The minimum absolute atomic E-state index is 0.272. The van der Waals surface area contributed by atoms with Gasteiger partial charge in [0.2, 0.25) is 0 Å². The predicted molar refractivity (Wildman–Crippen MR) is 82.3 cm³/mol. The zero-order valence-corrected chi connectivity index (χ0v) is 14.4. The summed E-state index contributed by atoms with van der Waals surface area (Å²) in [6, 6.07) is 6.27. The van der Waals surface area contributed by atoms with Crippen LogP contribution in [0.5, 0.6) is 5.75 Å². The summed E-state index contributed by atoms with van der Waals surface area (Å²) in [5.41, 5.74) is 0. The number of rotatable bonds is 8. The van der Waals surface area contributed by atoms with Crippen molar-refractivity contribution in [3.8, 4) is 5.75 Å². The van der Waals surface area contributed by atoms with E-state index in [2.05, 4.69) is 36.7 Å². The molecule has 0 aliphatic carbocycles. The number of hydrogen-bond acceptors (Lipinski definition) is 2. The van der Waals surface area contributed by atoms with E-state index in [0.29, 0.717) is 10.2 Å². The average Bonchev–Trinajstić information content (AvgIpc) is 2.41. The van der Waals surface area contributed by atoms with Gasteiger partial charge >= 0.3 is 8.56 Å². The Hall–Kier alpha value is -0.393. The molecular weight excluding hydrogens is 327 g/mol. The van der Waals surface area contributed by atoms with Gasteiger partial charge in [-0.2, -0.15) is 0 Å². The zero-order valence-electron chi connectivity index (χ0n) is 11.8. The third-order valence-corrected chi connectivity index (χ3v) is 7.23. The first-order valence-electron chi connectivity index (χ1n) is 6.85. The summed E-state index contributed by atoms with van der Waals surface area (Å²) in [4.78, 5) is 0. The molecule has 1 rings (SSSR count). The minimum atomic E-state index is -2.22. The molecule has 2 nitrogen and oxygen atoms in total. The highest BCUT2D eigenvalue weighted by atomic mass is 79.9. The van der Waals surface area contributed by atoms with Gasteiger partial charge in [0.15, 0.2) is 0 Å². The Morgan fingerprint density at radius 2 is 1.89 bits per heavy atom. The van der Waals surface area contributed by atoms with Crippen LogP contribution >= 0.6 is 15.9 Å². The molecule has 0 heterocycles. The Morgan fingerprint density at radius 1 is 1.21 bits per heavy atom. The molecule has 5 heteroatoms. The molecular formula is C14H22BrFO2Si. The van der Waals surface area contributed by atoms with Crippen molar-refractivity contribution in [2.45, 2.75) is 45.7 Å². The van der Waals surface area contributed by atoms with Crippen LogP contribution in [0.3, 0.4) is 0 Å². The Morgan fingerprint density at radius 3 is 2.42 bits per heavy atom. The van der Waals surface area contributed by atoms with Crippen LogP contribution in [0.25, 0.3) is 0 Å². The molecule has 0 spiro atoms. The Labute approximate surface area is 124 Å². The summed E-state index contributed by atoms with van der Waals surface area (Å²) in [5, 5.41) is 0. The maximum atomic E-state index is 13.1. The Bertz CT molecular complexity index is 397. The second kappa shape index (κ2) is 8.02. The molecule has 0 atom stereocenters. The molecule has 0 saturated carbocycles. The van der Waals surface area contributed by atoms with Gasteiger partial charge in [-0.05, 0) is 52.6 Å². The lowest BCUT2D eigenvalue weighted by atomic mass is 10.3. The van der Waals surface area contributed by atoms with Crippen molar-refractivity contribution in [2.24, 2.45) is 0 Å². The van der Waals surface area contributed by atoms with Crippen molar-refractivity contribution < 1.29 is 13.2 Å². The van der Waals surface area contributed by atoms with Crippen LogP contribution in [-0.2, 0) is 4.43 Å². The summed E-state index contributed by atoms with van der Waals surface area (Å²) < 4.78 is 25.9. The van der Waals surface area contributed by atoms with Gasteiger partial charge in [0.05, 0.1) is 4.47 Å². The average molecular weight is 349 g/mol. The second-order valence-corrected chi connectivity index (χ2v) is 9.08. The van der Waals surface area contributed by atoms with Gasteiger partial charge in [0, 0.05) is 6.61 Å². The molecule has 0 saturated heterocycles. The van der Waals surface area contributed by atoms with Gasteiger partial charge < -0.3 is 8.85 Å². The zero-order chi connectivity index (χ0) is 14.3. The first-order valence-corrected chi connectivity index (χ1v) is 9.87. The van der Waals surface area contributed by atoms with Crippen LogP contribution in [0.2, 0.25) is 12.1 Å². The summed E-state index contributed by atoms with van der Waals surface area (Å²) in [6.07, 6.45) is 2.15. The van der Waals surface area contributed by atoms with Crippen LogP contribution < -0.4 is 4.43 Å². The second-order valence-electron chi connectivity index (χ2n) is 4.50.